The number of nitrogens with zero attached hydrogens (tertiary/aromatic N) is 1. The van der Waals surface area contributed by atoms with Gasteiger partial charge < -0.3 is 20.7 Å². The Morgan fingerprint density at radius 3 is 2.58 bits per heavy atom. The molecule has 134 valence electrons. The van der Waals surface area contributed by atoms with Crippen molar-refractivity contribution < 1.29 is 14.3 Å². The second-order valence-corrected chi connectivity index (χ2v) is 6.78. The number of amides is 2. The fourth-order valence-electron chi connectivity index (χ4n) is 3.65. The van der Waals surface area contributed by atoms with Crippen molar-refractivity contribution in [1.29, 1.82) is 0 Å². The number of hydrogen-bond donors (Lipinski definition) is 2. The lowest BCUT2D eigenvalue weighted by molar-refractivity contribution is -0.121. The highest BCUT2D eigenvalue weighted by atomic mass is 16.5. The van der Waals surface area contributed by atoms with Gasteiger partial charge in [0.15, 0.2) is 0 Å². The quantitative estimate of drug-likeness (QED) is 0.869. The molecular formula is C20H21N3O3. The first-order valence-electron chi connectivity index (χ1n) is 8.72. The van der Waals surface area contributed by atoms with Crippen LogP contribution in [0.4, 0.5) is 5.69 Å². The Morgan fingerprint density at radius 2 is 1.85 bits per heavy atom. The van der Waals surface area contributed by atoms with Crippen molar-refractivity contribution in [2.45, 2.75) is 24.9 Å². The number of fused-ring (bicyclic) bond motifs is 2. The summed E-state index contributed by atoms with van der Waals surface area (Å²) in [6.07, 6.45) is 1.21. The molecule has 6 heteroatoms. The molecule has 0 unspecified atom stereocenters. The number of hydrogen-bond acceptors (Lipinski definition) is 4. The lowest BCUT2D eigenvalue weighted by atomic mass is 9.96. The third-order valence-electron chi connectivity index (χ3n) is 5.14. The summed E-state index contributed by atoms with van der Waals surface area (Å²) in [5.41, 5.74) is 8.97. The van der Waals surface area contributed by atoms with Gasteiger partial charge in [-0.1, -0.05) is 18.2 Å². The van der Waals surface area contributed by atoms with E-state index in [4.69, 9.17) is 10.5 Å². The minimum absolute atomic E-state index is 0.0501. The van der Waals surface area contributed by atoms with Gasteiger partial charge in [-0.15, -0.1) is 0 Å². The molecule has 4 rings (SSSR count). The summed E-state index contributed by atoms with van der Waals surface area (Å²) in [6, 6.07) is 12.7. The van der Waals surface area contributed by atoms with Crippen LogP contribution in [0.1, 0.15) is 23.2 Å². The van der Waals surface area contributed by atoms with Crippen LogP contribution in [0.5, 0.6) is 5.75 Å². The molecule has 2 heterocycles. The van der Waals surface area contributed by atoms with Crippen molar-refractivity contribution in [3.05, 3.63) is 48.0 Å². The zero-order valence-electron chi connectivity index (χ0n) is 14.6. The van der Waals surface area contributed by atoms with Crippen LogP contribution in [0.2, 0.25) is 0 Å². The van der Waals surface area contributed by atoms with Crippen molar-refractivity contribution in [3.63, 3.8) is 0 Å². The number of nitrogens with two attached hydrogens (primary N) is 1. The average Bonchev–Trinajstić information content (AvgIpc) is 2.77. The van der Waals surface area contributed by atoms with Crippen LogP contribution < -0.4 is 15.8 Å². The monoisotopic (exact) mass is 351 g/mol. The molecule has 6 nitrogen and oxygen atoms in total. The summed E-state index contributed by atoms with van der Waals surface area (Å²) in [4.78, 5) is 27.3. The molecule has 3 N–H and O–H groups in total. The van der Waals surface area contributed by atoms with Crippen molar-refractivity contribution in [1.82, 2.24) is 4.90 Å². The molecule has 2 aliphatic rings. The molecule has 2 aliphatic heterocycles. The molecule has 2 atom stereocenters. The molecule has 1 saturated heterocycles. The fourth-order valence-corrected chi connectivity index (χ4v) is 3.65. The van der Waals surface area contributed by atoms with Gasteiger partial charge in [-0.25, -0.2) is 0 Å². The Kier molecular flexibility index (Phi) is 4.12. The van der Waals surface area contributed by atoms with Gasteiger partial charge in [0.05, 0.1) is 18.4 Å². The van der Waals surface area contributed by atoms with E-state index in [2.05, 4.69) is 5.32 Å². The van der Waals surface area contributed by atoms with Crippen LogP contribution in [0.3, 0.4) is 0 Å². The maximum absolute atomic E-state index is 13.1. The lowest BCUT2D eigenvalue weighted by Crippen LogP contribution is -2.53. The number of piperidine rings is 1. The SMILES string of the molecule is COc1ccc(-c2ccc3c(c2)C(=O)N2CC[C@H](N)C[C@H]2C(=O)N3)cc1. The maximum atomic E-state index is 13.1. The molecule has 2 aromatic carbocycles. The molecule has 0 spiro atoms. The van der Waals surface area contributed by atoms with Crippen LogP contribution in [-0.4, -0.2) is 42.5 Å². The minimum atomic E-state index is -0.497. The minimum Gasteiger partial charge on any atom is -0.497 e. The van der Waals surface area contributed by atoms with Gasteiger partial charge in [-0.05, 0) is 48.2 Å². The lowest BCUT2D eigenvalue weighted by Gasteiger charge is -2.35. The van der Waals surface area contributed by atoms with E-state index in [1.807, 2.05) is 36.4 Å². The first-order chi connectivity index (χ1) is 12.6. The van der Waals surface area contributed by atoms with Gasteiger partial charge in [0, 0.05) is 12.6 Å². The highest BCUT2D eigenvalue weighted by Gasteiger charge is 2.38. The van der Waals surface area contributed by atoms with Crippen LogP contribution in [0.15, 0.2) is 42.5 Å². The maximum Gasteiger partial charge on any atom is 0.256 e. The van der Waals surface area contributed by atoms with Gasteiger partial charge in [0.2, 0.25) is 5.91 Å². The van der Waals surface area contributed by atoms with Crippen molar-refractivity contribution in [2.24, 2.45) is 5.73 Å². The summed E-state index contributed by atoms with van der Waals surface area (Å²) in [7, 11) is 1.62. The summed E-state index contributed by atoms with van der Waals surface area (Å²) >= 11 is 0. The summed E-state index contributed by atoms with van der Waals surface area (Å²) in [6.45, 7) is 0.504. The zero-order valence-corrected chi connectivity index (χ0v) is 14.6. The van der Waals surface area contributed by atoms with Crippen molar-refractivity contribution in [3.8, 4) is 16.9 Å². The predicted molar refractivity (Wildman–Crippen MR) is 99.1 cm³/mol. The third-order valence-corrected chi connectivity index (χ3v) is 5.14. The standard InChI is InChI=1S/C20H21N3O3/c1-26-15-5-2-12(3-6-15)13-4-7-17-16(10-13)20(25)23-9-8-14(21)11-18(23)19(24)22-17/h2-7,10,14,18H,8-9,11,21H2,1H3,(H,22,24)/t14-,18-/m0/s1. The number of rotatable bonds is 2. The van der Waals surface area contributed by atoms with Gasteiger partial charge in [-0.2, -0.15) is 0 Å². The van der Waals surface area contributed by atoms with E-state index in [-0.39, 0.29) is 17.9 Å². The van der Waals surface area contributed by atoms with E-state index in [0.29, 0.717) is 30.6 Å². The normalized spacial score (nSPS) is 22.2. The van der Waals surface area contributed by atoms with Gasteiger partial charge in [-0.3, -0.25) is 9.59 Å². The Morgan fingerprint density at radius 1 is 1.12 bits per heavy atom. The number of nitrogens with one attached hydrogen (secondary N) is 1. The first-order valence-corrected chi connectivity index (χ1v) is 8.72. The molecule has 2 aromatic rings. The summed E-state index contributed by atoms with van der Waals surface area (Å²) in [5.74, 6) is 0.495. The predicted octanol–water partition coefficient (Wildman–Crippen LogP) is 2.25. The van der Waals surface area contributed by atoms with Gasteiger partial charge in [0.1, 0.15) is 11.8 Å². The number of carbonyl (C=O) groups excluding carboxylic acids is 2. The molecule has 0 saturated carbocycles. The summed E-state index contributed by atoms with van der Waals surface area (Å²) < 4.78 is 5.19. The number of anilines is 1. The van der Waals surface area contributed by atoms with Crippen LogP contribution in [-0.2, 0) is 4.79 Å². The van der Waals surface area contributed by atoms with Crippen LogP contribution >= 0.6 is 0 Å². The van der Waals surface area contributed by atoms with Gasteiger partial charge in [0.25, 0.3) is 5.91 Å². The van der Waals surface area contributed by atoms with E-state index in [0.717, 1.165) is 16.9 Å². The highest BCUT2D eigenvalue weighted by molar-refractivity contribution is 6.10. The fraction of sp³-hybridized carbons (Fsp3) is 0.300. The number of carbonyl (C=O) groups is 2. The topological polar surface area (TPSA) is 84.7 Å². The summed E-state index contributed by atoms with van der Waals surface area (Å²) in [5, 5.41) is 2.89. The van der Waals surface area contributed by atoms with E-state index < -0.39 is 6.04 Å². The van der Waals surface area contributed by atoms with E-state index in [1.165, 1.54) is 0 Å². The average molecular weight is 351 g/mol. The molecular weight excluding hydrogens is 330 g/mol. The van der Waals surface area contributed by atoms with Crippen LogP contribution in [0, 0.1) is 0 Å². The second kappa shape index (κ2) is 6.46. The van der Waals surface area contributed by atoms with Crippen molar-refractivity contribution in [2.75, 3.05) is 19.0 Å². The zero-order chi connectivity index (χ0) is 18.3. The van der Waals surface area contributed by atoms with E-state index in [1.54, 1.807) is 18.1 Å². The largest absolute Gasteiger partial charge is 0.497 e. The molecule has 1 fully saturated rings. The molecule has 0 bridgehead atoms. The molecule has 0 aromatic heterocycles. The first kappa shape index (κ1) is 16.6. The number of ether oxygens (including phenoxy) is 1. The molecule has 0 aliphatic carbocycles. The van der Waals surface area contributed by atoms with Crippen molar-refractivity contribution >= 4 is 17.5 Å². The Balaban J connectivity index is 1.72. The number of benzene rings is 2. The Bertz CT molecular complexity index is 863. The second-order valence-electron chi connectivity index (χ2n) is 6.78. The van der Waals surface area contributed by atoms with E-state index >= 15 is 0 Å². The van der Waals surface area contributed by atoms with Gasteiger partial charge >= 0.3 is 0 Å². The van der Waals surface area contributed by atoms with E-state index in [9.17, 15) is 9.59 Å². The molecule has 26 heavy (non-hydrogen) atoms. The van der Waals surface area contributed by atoms with Crippen LogP contribution in [0.25, 0.3) is 11.1 Å². The highest BCUT2D eigenvalue weighted by Crippen LogP contribution is 2.32. The Hall–Kier alpha value is -2.86. The molecule has 0 radical (unpaired) electrons. The smallest absolute Gasteiger partial charge is 0.256 e. The third kappa shape index (κ3) is 2.82. The molecule has 2 amide bonds. The Labute approximate surface area is 151 Å². The number of methoxy groups -OCH3 is 1.